The van der Waals surface area contributed by atoms with Gasteiger partial charge in [0.05, 0.1) is 5.52 Å². The second-order valence-corrected chi connectivity index (χ2v) is 6.42. The fraction of sp³-hybridized carbons (Fsp3) is 0.222. The van der Waals surface area contributed by atoms with Gasteiger partial charge in [-0.05, 0) is 43.2 Å². The number of aryl methyl sites for hydroxylation is 2. The monoisotopic (exact) mass is 295 g/mol. The number of rotatable bonds is 4. The van der Waals surface area contributed by atoms with E-state index in [2.05, 4.69) is 24.0 Å². The van der Waals surface area contributed by atoms with Crippen LogP contribution in [0.15, 0.2) is 42.5 Å². The number of hydrogen-bond donors (Lipinski definition) is 0. The molecule has 0 atom stereocenters. The highest BCUT2D eigenvalue weighted by Gasteiger charge is 2.12. The third kappa shape index (κ3) is 2.88. The molecule has 3 heteroatoms. The Kier molecular flexibility index (Phi) is 3.84. The van der Waals surface area contributed by atoms with Crippen LogP contribution < -0.4 is 0 Å². The first kappa shape index (κ1) is 14.0. The number of pyridine rings is 1. The van der Waals surface area contributed by atoms with E-state index >= 15 is 0 Å². The number of Topliss-reactive ketones (excluding diaryl/α,β-unsaturated/α-hetero) is 1. The lowest BCUT2D eigenvalue weighted by Crippen LogP contribution is -2.06. The largest absolute Gasteiger partial charge is 0.292 e. The summed E-state index contributed by atoms with van der Waals surface area (Å²) in [5.41, 5.74) is 2.56. The standard InChI is InChI=1S/C18H17NOS/c1-3-13-8-9-14(21-13)11-18(20)17-10-12(2)15-6-4-5-7-16(15)19-17/h4-10H,3,11H2,1-2H3. The molecule has 2 nitrogen and oxygen atoms in total. The third-order valence-corrected chi connectivity index (χ3v) is 4.84. The fourth-order valence-corrected chi connectivity index (χ4v) is 3.40. The highest BCUT2D eigenvalue weighted by Crippen LogP contribution is 2.21. The highest BCUT2D eigenvalue weighted by molar-refractivity contribution is 7.12. The zero-order valence-corrected chi connectivity index (χ0v) is 13.0. The number of para-hydroxylation sites is 1. The Bertz CT molecular complexity index is 804. The van der Waals surface area contributed by atoms with E-state index in [0.717, 1.165) is 27.8 Å². The van der Waals surface area contributed by atoms with E-state index in [1.54, 1.807) is 11.3 Å². The fourth-order valence-electron chi connectivity index (χ4n) is 2.45. The van der Waals surface area contributed by atoms with Crippen molar-refractivity contribution in [3.8, 4) is 0 Å². The van der Waals surface area contributed by atoms with Gasteiger partial charge in [-0.3, -0.25) is 4.79 Å². The van der Waals surface area contributed by atoms with Gasteiger partial charge in [0, 0.05) is 21.6 Å². The number of fused-ring (bicyclic) bond motifs is 1. The molecular weight excluding hydrogens is 278 g/mol. The summed E-state index contributed by atoms with van der Waals surface area (Å²) >= 11 is 1.72. The van der Waals surface area contributed by atoms with Crippen molar-refractivity contribution in [2.75, 3.05) is 0 Å². The van der Waals surface area contributed by atoms with Gasteiger partial charge in [-0.1, -0.05) is 25.1 Å². The molecule has 0 amide bonds. The van der Waals surface area contributed by atoms with Crippen molar-refractivity contribution in [1.82, 2.24) is 4.98 Å². The SMILES string of the molecule is CCc1ccc(CC(=O)c2cc(C)c3ccccc3n2)s1. The van der Waals surface area contributed by atoms with Crippen LogP contribution in [0.1, 0.15) is 32.7 Å². The number of aromatic nitrogens is 1. The minimum absolute atomic E-state index is 0.0911. The molecule has 0 bridgehead atoms. The summed E-state index contributed by atoms with van der Waals surface area (Å²) in [4.78, 5) is 19.4. The van der Waals surface area contributed by atoms with Crippen LogP contribution in [0, 0.1) is 6.92 Å². The van der Waals surface area contributed by atoms with E-state index in [0.29, 0.717) is 12.1 Å². The molecule has 0 radical (unpaired) electrons. The molecule has 0 N–H and O–H groups in total. The third-order valence-electron chi connectivity index (χ3n) is 3.61. The second kappa shape index (κ2) is 5.78. The molecule has 106 valence electrons. The van der Waals surface area contributed by atoms with Crippen LogP contribution in [0.4, 0.5) is 0 Å². The van der Waals surface area contributed by atoms with Crippen molar-refractivity contribution in [2.45, 2.75) is 26.7 Å². The van der Waals surface area contributed by atoms with Gasteiger partial charge < -0.3 is 0 Å². The highest BCUT2D eigenvalue weighted by atomic mass is 32.1. The lowest BCUT2D eigenvalue weighted by Gasteiger charge is -2.05. The summed E-state index contributed by atoms with van der Waals surface area (Å²) < 4.78 is 0. The number of carbonyl (C=O) groups excluding carboxylic acids is 1. The molecule has 0 unspecified atom stereocenters. The lowest BCUT2D eigenvalue weighted by molar-refractivity contribution is 0.0989. The summed E-state index contributed by atoms with van der Waals surface area (Å²) in [5.74, 6) is 0.0911. The first-order valence-electron chi connectivity index (χ1n) is 7.14. The normalized spacial score (nSPS) is 11.0. The predicted octanol–water partition coefficient (Wildman–Crippen LogP) is 4.59. The number of carbonyl (C=O) groups is 1. The van der Waals surface area contributed by atoms with E-state index in [9.17, 15) is 4.79 Å². The summed E-state index contributed by atoms with van der Waals surface area (Å²) in [6, 6.07) is 14.0. The van der Waals surface area contributed by atoms with E-state index in [1.807, 2.05) is 37.3 Å². The van der Waals surface area contributed by atoms with Gasteiger partial charge in [-0.15, -0.1) is 11.3 Å². The molecule has 21 heavy (non-hydrogen) atoms. The minimum atomic E-state index is 0.0911. The molecule has 2 aromatic heterocycles. The van der Waals surface area contributed by atoms with Gasteiger partial charge in [-0.2, -0.15) is 0 Å². The first-order chi connectivity index (χ1) is 10.2. The van der Waals surface area contributed by atoms with Gasteiger partial charge in [0.1, 0.15) is 5.69 Å². The zero-order valence-electron chi connectivity index (χ0n) is 12.2. The van der Waals surface area contributed by atoms with Crippen molar-refractivity contribution in [3.63, 3.8) is 0 Å². The van der Waals surface area contributed by atoms with Crippen LogP contribution in [0.3, 0.4) is 0 Å². The van der Waals surface area contributed by atoms with Crippen LogP contribution in [0.25, 0.3) is 10.9 Å². The average molecular weight is 295 g/mol. The zero-order chi connectivity index (χ0) is 14.8. The molecule has 0 fully saturated rings. The molecule has 0 saturated carbocycles. The Morgan fingerprint density at radius 1 is 1.14 bits per heavy atom. The molecule has 0 aliphatic carbocycles. The number of ketones is 1. The number of nitrogens with zero attached hydrogens (tertiary/aromatic N) is 1. The van der Waals surface area contributed by atoms with Gasteiger partial charge in [-0.25, -0.2) is 4.98 Å². The molecule has 0 aliphatic heterocycles. The predicted molar refractivity (Wildman–Crippen MR) is 88.2 cm³/mol. The van der Waals surface area contributed by atoms with Crippen LogP contribution >= 0.6 is 11.3 Å². The average Bonchev–Trinajstić information content (AvgIpc) is 2.95. The molecule has 0 aliphatic rings. The van der Waals surface area contributed by atoms with Crippen molar-refractivity contribution in [2.24, 2.45) is 0 Å². The van der Waals surface area contributed by atoms with Gasteiger partial charge in [0.2, 0.25) is 0 Å². The molecule has 0 spiro atoms. The lowest BCUT2D eigenvalue weighted by atomic mass is 10.1. The Labute approximate surface area is 128 Å². The second-order valence-electron chi connectivity index (χ2n) is 5.16. The van der Waals surface area contributed by atoms with E-state index in [-0.39, 0.29) is 5.78 Å². The Balaban J connectivity index is 1.90. The molecular formula is C18H17NOS. The smallest absolute Gasteiger partial charge is 0.186 e. The van der Waals surface area contributed by atoms with E-state index in [4.69, 9.17) is 0 Å². The summed E-state index contributed by atoms with van der Waals surface area (Å²) in [6.45, 7) is 4.16. The van der Waals surface area contributed by atoms with E-state index < -0.39 is 0 Å². The van der Waals surface area contributed by atoms with Gasteiger partial charge >= 0.3 is 0 Å². The quantitative estimate of drug-likeness (QED) is 0.659. The van der Waals surface area contributed by atoms with Crippen LogP contribution in [0.5, 0.6) is 0 Å². The van der Waals surface area contributed by atoms with Crippen LogP contribution in [-0.2, 0) is 12.8 Å². The summed E-state index contributed by atoms with van der Waals surface area (Å²) in [5, 5.41) is 1.11. The van der Waals surface area contributed by atoms with Crippen molar-refractivity contribution in [3.05, 3.63) is 63.5 Å². The van der Waals surface area contributed by atoms with Gasteiger partial charge in [0.25, 0.3) is 0 Å². The summed E-state index contributed by atoms with van der Waals surface area (Å²) in [6.07, 6.45) is 1.46. The number of hydrogen-bond acceptors (Lipinski definition) is 3. The molecule has 3 rings (SSSR count). The Morgan fingerprint density at radius 2 is 1.90 bits per heavy atom. The van der Waals surface area contributed by atoms with Crippen molar-refractivity contribution < 1.29 is 4.79 Å². The topological polar surface area (TPSA) is 30.0 Å². The molecule has 0 saturated heterocycles. The van der Waals surface area contributed by atoms with Gasteiger partial charge in [0.15, 0.2) is 5.78 Å². The first-order valence-corrected chi connectivity index (χ1v) is 7.96. The summed E-state index contributed by atoms with van der Waals surface area (Å²) in [7, 11) is 0. The van der Waals surface area contributed by atoms with Crippen LogP contribution in [0.2, 0.25) is 0 Å². The minimum Gasteiger partial charge on any atom is -0.292 e. The maximum atomic E-state index is 12.5. The molecule has 1 aromatic carbocycles. The van der Waals surface area contributed by atoms with Crippen molar-refractivity contribution in [1.29, 1.82) is 0 Å². The number of thiophene rings is 1. The van der Waals surface area contributed by atoms with E-state index in [1.165, 1.54) is 4.88 Å². The van der Waals surface area contributed by atoms with Crippen LogP contribution in [-0.4, -0.2) is 10.8 Å². The number of benzene rings is 1. The maximum absolute atomic E-state index is 12.5. The Hall–Kier alpha value is -2.00. The van der Waals surface area contributed by atoms with Crippen molar-refractivity contribution >= 4 is 28.0 Å². The Morgan fingerprint density at radius 3 is 2.67 bits per heavy atom. The molecule has 3 aromatic rings. The molecule has 2 heterocycles. The maximum Gasteiger partial charge on any atom is 0.186 e.